The van der Waals surface area contributed by atoms with E-state index in [1.165, 1.54) is 0 Å². The van der Waals surface area contributed by atoms with Crippen LogP contribution in [0.5, 0.6) is 0 Å². The van der Waals surface area contributed by atoms with Crippen LogP contribution in [0.25, 0.3) is 0 Å². The highest BCUT2D eigenvalue weighted by Gasteiger charge is 2.41. The number of hydrogen-bond donors (Lipinski definition) is 1. The fourth-order valence-electron chi connectivity index (χ4n) is 3.70. The lowest BCUT2D eigenvalue weighted by molar-refractivity contribution is -0.192. The Morgan fingerprint density at radius 3 is 2.65 bits per heavy atom. The predicted molar refractivity (Wildman–Crippen MR) is 102 cm³/mol. The Bertz CT molecular complexity index is 860. The molecule has 0 radical (unpaired) electrons. The van der Waals surface area contributed by atoms with Gasteiger partial charge in [-0.1, -0.05) is 11.2 Å². The first kappa shape index (κ1) is 22.9. The average molecular weight is 443 g/mol. The molecule has 0 aliphatic carbocycles. The summed E-state index contributed by atoms with van der Waals surface area (Å²) in [6, 6.07) is 6.68. The summed E-state index contributed by atoms with van der Waals surface area (Å²) in [4.78, 5) is 17.9. The van der Waals surface area contributed by atoms with Crippen LogP contribution in [0, 0.1) is 6.92 Å². The van der Waals surface area contributed by atoms with Crippen LogP contribution >= 0.6 is 0 Å². The molecule has 4 rings (SSSR count). The molecule has 1 N–H and O–H groups in total. The molecule has 2 aliphatic heterocycles. The monoisotopic (exact) mass is 443 g/mol. The second-order valence-corrected chi connectivity index (χ2v) is 7.49. The highest BCUT2D eigenvalue weighted by atomic mass is 19.4. The van der Waals surface area contributed by atoms with E-state index in [0.717, 1.165) is 57.9 Å². The fourth-order valence-corrected chi connectivity index (χ4v) is 3.70. The molecule has 2 aliphatic rings. The molecule has 0 bridgehead atoms. The topological polar surface area (TPSA) is 105 Å². The van der Waals surface area contributed by atoms with Crippen molar-refractivity contribution >= 4 is 12.0 Å². The van der Waals surface area contributed by atoms with Gasteiger partial charge in [0.05, 0.1) is 24.4 Å². The minimum absolute atomic E-state index is 0.159. The highest BCUT2D eigenvalue weighted by molar-refractivity contribution is 5.73. The van der Waals surface area contributed by atoms with Crippen LogP contribution in [-0.4, -0.2) is 75.7 Å². The smallest absolute Gasteiger partial charge is 0.475 e. The maximum absolute atomic E-state index is 10.6. The van der Waals surface area contributed by atoms with E-state index in [9.17, 15) is 13.2 Å². The summed E-state index contributed by atoms with van der Waals surface area (Å²) in [7, 11) is 0. The van der Waals surface area contributed by atoms with Gasteiger partial charge in [-0.15, -0.1) is 5.10 Å². The number of carbonyl (C=O) groups is 1. The van der Waals surface area contributed by atoms with Crippen LogP contribution in [0.2, 0.25) is 0 Å². The summed E-state index contributed by atoms with van der Waals surface area (Å²) in [6.45, 7) is 7.03. The first-order valence-electron chi connectivity index (χ1n) is 9.78. The van der Waals surface area contributed by atoms with Crippen LogP contribution in [0.4, 0.5) is 19.2 Å². The molecule has 1 spiro atoms. The van der Waals surface area contributed by atoms with Gasteiger partial charge in [-0.25, -0.2) is 4.79 Å². The first-order valence-corrected chi connectivity index (χ1v) is 9.78. The molecule has 2 aromatic heterocycles. The molecule has 2 fully saturated rings. The Hall–Kier alpha value is -2.73. The van der Waals surface area contributed by atoms with Gasteiger partial charge in [0.15, 0.2) is 0 Å². The van der Waals surface area contributed by atoms with E-state index in [1.807, 2.05) is 25.3 Å². The number of pyridine rings is 1. The summed E-state index contributed by atoms with van der Waals surface area (Å²) in [5.41, 5.74) is 0.947. The number of aromatic nitrogens is 3. The number of aliphatic carboxylic acids is 1. The van der Waals surface area contributed by atoms with Gasteiger partial charge in [0.25, 0.3) is 0 Å². The molecule has 9 nitrogen and oxygen atoms in total. The van der Waals surface area contributed by atoms with Gasteiger partial charge in [-0.3, -0.25) is 9.88 Å². The molecule has 0 saturated carbocycles. The van der Waals surface area contributed by atoms with Crippen LogP contribution < -0.4 is 4.90 Å². The average Bonchev–Trinajstić information content (AvgIpc) is 3.15. The summed E-state index contributed by atoms with van der Waals surface area (Å²) in [6.07, 6.45) is -1.10. The van der Waals surface area contributed by atoms with Gasteiger partial charge in [0, 0.05) is 39.3 Å². The van der Waals surface area contributed by atoms with Crippen molar-refractivity contribution in [3.63, 3.8) is 0 Å². The number of carboxylic acids is 1. The number of aryl methyl sites for hydroxylation is 1. The second-order valence-electron chi connectivity index (χ2n) is 7.49. The van der Waals surface area contributed by atoms with Crippen molar-refractivity contribution in [1.29, 1.82) is 0 Å². The van der Waals surface area contributed by atoms with E-state index in [1.54, 1.807) is 0 Å². The first-order chi connectivity index (χ1) is 14.7. The van der Waals surface area contributed by atoms with E-state index < -0.39 is 12.1 Å². The van der Waals surface area contributed by atoms with Crippen molar-refractivity contribution in [1.82, 2.24) is 20.1 Å². The summed E-state index contributed by atoms with van der Waals surface area (Å²) >= 11 is 0. The van der Waals surface area contributed by atoms with E-state index in [-0.39, 0.29) is 5.60 Å². The zero-order valence-electron chi connectivity index (χ0n) is 17.0. The molecule has 4 heterocycles. The molecule has 2 saturated heterocycles. The molecule has 2 aromatic rings. The number of piperidine rings is 1. The van der Waals surface area contributed by atoms with Crippen LogP contribution in [0.3, 0.4) is 0 Å². The Labute approximate surface area is 176 Å². The van der Waals surface area contributed by atoms with Crippen molar-refractivity contribution in [3.8, 4) is 0 Å². The fraction of sp³-hybridized carbons (Fsp3) is 0.579. The largest absolute Gasteiger partial charge is 0.490 e. The number of rotatable bonds is 3. The Morgan fingerprint density at radius 2 is 2.03 bits per heavy atom. The summed E-state index contributed by atoms with van der Waals surface area (Å²) < 4.78 is 43.6. The minimum Gasteiger partial charge on any atom is -0.475 e. The van der Waals surface area contributed by atoms with Gasteiger partial charge in [0.1, 0.15) is 0 Å². The lowest BCUT2D eigenvalue weighted by Crippen LogP contribution is -2.59. The number of hydrogen-bond acceptors (Lipinski definition) is 8. The van der Waals surface area contributed by atoms with Gasteiger partial charge < -0.3 is 19.2 Å². The van der Waals surface area contributed by atoms with E-state index in [4.69, 9.17) is 19.1 Å². The molecule has 0 amide bonds. The standard InChI is InChI=1S/C17H23N5O2.C2HF3O2/c1-14-19-20-16(24-14)22-8-4-6-17(13-22)12-21(9-10-23-17)11-15-5-2-3-7-18-15;3-2(4,5)1(6)7/h2-3,5,7H,4,6,8-13H2,1H3;(H,6,7). The van der Waals surface area contributed by atoms with Crippen LogP contribution in [0.1, 0.15) is 24.4 Å². The number of alkyl halides is 3. The van der Waals surface area contributed by atoms with E-state index >= 15 is 0 Å². The third-order valence-electron chi connectivity index (χ3n) is 5.01. The normalized spacial score (nSPS) is 22.1. The number of halogens is 3. The van der Waals surface area contributed by atoms with E-state index in [0.29, 0.717) is 11.9 Å². The summed E-state index contributed by atoms with van der Waals surface area (Å²) in [5, 5.41) is 15.2. The molecular formula is C19H24F3N5O4. The van der Waals surface area contributed by atoms with Crippen LogP contribution in [0.15, 0.2) is 28.8 Å². The van der Waals surface area contributed by atoms with Crippen molar-refractivity contribution in [2.45, 2.75) is 38.1 Å². The van der Waals surface area contributed by atoms with Gasteiger partial charge in [0.2, 0.25) is 5.89 Å². The second kappa shape index (κ2) is 9.60. The highest BCUT2D eigenvalue weighted by Crippen LogP contribution is 2.31. The van der Waals surface area contributed by atoms with Gasteiger partial charge in [-0.2, -0.15) is 13.2 Å². The van der Waals surface area contributed by atoms with Gasteiger partial charge >= 0.3 is 18.2 Å². The molecule has 1 unspecified atom stereocenters. The number of anilines is 1. The van der Waals surface area contributed by atoms with Crippen molar-refractivity contribution in [2.24, 2.45) is 0 Å². The Kier molecular flexibility index (Phi) is 7.11. The zero-order valence-corrected chi connectivity index (χ0v) is 17.0. The number of ether oxygens (including phenoxy) is 1. The maximum Gasteiger partial charge on any atom is 0.490 e. The predicted octanol–water partition coefficient (Wildman–Crippen LogP) is 2.28. The summed E-state index contributed by atoms with van der Waals surface area (Å²) in [5.74, 6) is -2.15. The third-order valence-corrected chi connectivity index (χ3v) is 5.01. The molecule has 31 heavy (non-hydrogen) atoms. The quantitative estimate of drug-likeness (QED) is 0.765. The molecule has 1 atom stereocenters. The minimum atomic E-state index is -5.08. The maximum atomic E-state index is 10.6. The SMILES string of the molecule is Cc1nnc(N2CCCC3(CN(Cc4ccccn4)CCO3)C2)o1.O=C(O)C(F)(F)F. The lowest BCUT2D eigenvalue weighted by atomic mass is 9.91. The van der Waals surface area contributed by atoms with E-state index in [2.05, 4.69) is 31.0 Å². The zero-order chi connectivity index (χ0) is 22.5. The molecule has 170 valence electrons. The van der Waals surface area contributed by atoms with Crippen LogP contribution in [-0.2, 0) is 16.1 Å². The van der Waals surface area contributed by atoms with Gasteiger partial charge in [-0.05, 0) is 25.0 Å². The molecule has 0 aromatic carbocycles. The molecular weight excluding hydrogens is 419 g/mol. The third kappa shape index (κ3) is 6.37. The Balaban J connectivity index is 0.000000339. The Morgan fingerprint density at radius 1 is 1.26 bits per heavy atom. The number of morpholine rings is 1. The number of carboxylic acid groups (broad SMARTS) is 1. The van der Waals surface area contributed by atoms with Crippen molar-refractivity contribution in [2.75, 3.05) is 37.7 Å². The number of nitrogens with zero attached hydrogens (tertiary/aromatic N) is 5. The molecule has 12 heteroatoms. The lowest BCUT2D eigenvalue weighted by Gasteiger charge is -2.47. The van der Waals surface area contributed by atoms with Crippen molar-refractivity contribution < 1.29 is 32.2 Å². The van der Waals surface area contributed by atoms with Crippen molar-refractivity contribution in [3.05, 3.63) is 36.0 Å².